The Morgan fingerprint density at radius 1 is 1.19 bits per heavy atom. The second-order valence-corrected chi connectivity index (χ2v) is 6.92. The van der Waals surface area contributed by atoms with Gasteiger partial charge in [0, 0.05) is 12.1 Å². The summed E-state index contributed by atoms with van der Waals surface area (Å²) in [6.45, 7) is 6.60. The quantitative estimate of drug-likeness (QED) is 0.730. The molecule has 0 aliphatic rings. The van der Waals surface area contributed by atoms with Crippen LogP contribution in [0.1, 0.15) is 25.2 Å². The molecule has 9 heteroatoms. The molecule has 0 saturated carbocycles. The van der Waals surface area contributed by atoms with E-state index < -0.39 is 24.1 Å². The molecule has 0 aliphatic carbocycles. The number of benzene rings is 1. The number of amides is 1. The molecule has 1 aromatic carbocycles. The number of rotatable bonds is 6. The van der Waals surface area contributed by atoms with Crippen LogP contribution in [0.5, 0.6) is 5.75 Å². The number of nitrogens with one attached hydrogen (secondary N) is 1. The zero-order valence-electron chi connectivity index (χ0n) is 15.7. The standard InChI is InChI=1S/C18H21Cl2N3O4/c1-9-16(10(2)23(5)22-9)21-17(24)11(3)27-18(25)12(4)26-15-7-6-13(19)8-14(15)20/h6-8,11-12H,1-5H3,(H,21,24)/t11-,12-/m0/s1. The summed E-state index contributed by atoms with van der Waals surface area (Å²) in [6, 6.07) is 4.65. The third-order valence-corrected chi connectivity index (χ3v) is 4.48. The molecular weight excluding hydrogens is 393 g/mol. The summed E-state index contributed by atoms with van der Waals surface area (Å²) >= 11 is 11.9. The maximum Gasteiger partial charge on any atom is 0.347 e. The molecule has 0 fully saturated rings. The van der Waals surface area contributed by atoms with Crippen LogP contribution in [0, 0.1) is 13.8 Å². The van der Waals surface area contributed by atoms with E-state index in [4.69, 9.17) is 32.7 Å². The minimum Gasteiger partial charge on any atom is -0.477 e. The number of aryl methyl sites for hydroxylation is 2. The molecule has 0 bridgehead atoms. The van der Waals surface area contributed by atoms with Crippen LogP contribution in [0.3, 0.4) is 0 Å². The van der Waals surface area contributed by atoms with E-state index in [-0.39, 0.29) is 5.02 Å². The lowest BCUT2D eigenvalue weighted by Gasteiger charge is -2.18. The van der Waals surface area contributed by atoms with Gasteiger partial charge in [-0.05, 0) is 45.9 Å². The van der Waals surface area contributed by atoms with Crippen LogP contribution >= 0.6 is 23.2 Å². The Bertz CT molecular complexity index is 867. The van der Waals surface area contributed by atoms with E-state index in [2.05, 4.69) is 10.4 Å². The van der Waals surface area contributed by atoms with E-state index >= 15 is 0 Å². The summed E-state index contributed by atoms with van der Waals surface area (Å²) in [5.41, 5.74) is 2.08. The Morgan fingerprint density at radius 2 is 1.85 bits per heavy atom. The highest BCUT2D eigenvalue weighted by atomic mass is 35.5. The summed E-state index contributed by atoms with van der Waals surface area (Å²) in [7, 11) is 1.78. The van der Waals surface area contributed by atoms with Crippen LogP contribution in [0.25, 0.3) is 0 Å². The topological polar surface area (TPSA) is 82.5 Å². The number of esters is 1. The Morgan fingerprint density at radius 3 is 2.41 bits per heavy atom. The molecule has 0 saturated heterocycles. The van der Waals surface area contributed by atoms with E-state index in [1.807, 2.05) is 6.92 Å². The zero-order valence-corrected chi connectivity index (χ0v) is 17.2. The number of hydrogen-bond donors (Lipinski definition) is 1. The normalized spacial score (nSPS) is 13.0. The molecule has 27 heavy (non-hydrogen) atoms. The van der Waals surface area contributed by atoms with E-state index in [9.17, 15) is 9.59 Å². The van der Waals surface area contributed by atoms with Crippen molar-refractivity contribution in [1.82, 2.24) is 9.78 Å². The van der Waals surface area contributed by atoms with Crippen LogP contribution in [-0.2, 0) is 21.4 Å². The van der Waals surface area contributed by atoms with Crippen molar-refractivity contribution in [2.45, 2.75) is 39.9 Å². The largest absolute Gasteiger partial charge is 0.477 e. The third kappa shape index (κ3) is 5.14. The van der Waals surface area contributed by atoms with Crippen LogP contribution in [0.2, 0.25) is 10.0 Å². The van der Waals surface area contributed by atoms with E-state index in [1.165, 1.54) is 19.9 Å². The third-order valence-electron chi connectivity index (χ3n) is 3.95. The van der Waals surface area contributed by atoms with Crippen LogP contribution in [0.15, 0.2) is 18.2 Å². The van der Waals surface area contributed by atoms with Crippen molar-refractivity contribution in [1.29, 1.82) is 0 Å². The van der Waals surface area contributed by atoms with Crippen molar-refractivity contribution in [2.24, 2.45) is 7.05 Å². The van der Waals surface area contributed by atoms with Gasteiger partial charge in [-0.1, -0.05) is 23.2 Å². The molecule has 1 amide bonds. The maximum atomic E-state index is 12.3. The molecule has 0 spiro atoms. The Hall–Kier alpha value is -2.25. The summed E-state index contributed by atoms with van der Waals surface area (Å²) in [4.78, 5) is 24.6. The number of carbonyl (C=O) groups excluding carboxylic acids is 2. The van der Waals surface area contributed by atoms with Gasteiger partial charge < -0.3 is 14.8 Å². The van der Waals surface area contributed by atoms with Crippen molar-refractivity contribution in [3.63, 3.8) is 0 Å². The van der Waals surface area contributed by atoms with Gasteiger partial charge in [-0.2, -0.15) is 5.10 Å². The molecule has 7 nitrogen and oxygen atoms in total. The molecule has 0 aliphatic heterocycles. The van der Waals surface area contributed by atoms with Crippen molar-refractivity contribution < 1.29 is 19.1 Å². The lowest BCUT2D eigenvalue weighted by molar-refractivity contribution is -0.159. The van der Waals surface area contributed by atoms with Crippen molar-refractivity contribution in [3.8, 4) is 5.75 Å². The molecule has 2 atom stereocenters. The Balaban J connectivity index is 1.96. The first-order chi connectivity index (χ1) is 12.6. The SMILES string of the molecule is Cc1nn(C)c(C)c1NC(=O)[C@H](C)OC(=O)[C@H](C)Oc1ccc(Cl)cc1Cl. The van der Waals surface area contributed by atoms with Gasteiger partial charge in [0.1, 0.15) is 5.75 Å². The fourth-order valence-corrected chi connectivity index (χ4v) is 2.77. The molecule has 1 aromatic heterocycles. The van der Waals surface area contributed by atoms with Crippen LogP contribution in [0.4, 0.5) is 5.69 Å². The minimum absolute atomic E-state index is 0.274. The Kier molecular flexibility index (Phi) is 6.73. The fourth-order valence-electron chi connectivity index (χ4n) is 2.31. The zero-order chi connectivity index (χ0) is 20.3. The molecule has 0 radical (unpaired) electrons. The molecule has 1 heterocycles. The summed E-state index contributed by atoms with van der Waals surface area (Å²) in [5, 5.41) is 7.68. The summed E-state index contributed by atoms with van der Waals surface area (Å²) in [5.74, 6) is -0.855. The molecule has 0 unspecified atom stereocenters. The summed E-state index contributed by atoms with van der Waals surface area (Å²) in [6.07, 6.45) is -1.97. The number of carbonyl (C=O) groups is 2. The Labute approximate surface area is 167 Å². The lowest BCUT2D eigenvalue weighted by Crippen LogP contribution is -2.35. The number of aromatic nitrogens is 2. The highest BCUT2D eigenvalue weighted by Gasteiger charge is 2.25. The van der Waals surface area contributed by atoms with E-state index in [0.717, 1.165) is 5.69 Å². The lowest BCUT2D eigenvalue weighted by atomic mass is 10.3. The second-order valence-electron chi connectivity index (χ2n) is 6.07. The van der Waals surface area contributed by atoms with Gasteiger partial charge in [0.25, 0.3) is 5.91 Å². The van der Waals surface area contributed by atoms with Gasteiger partial charge in [0.15, 0.2) is 12.2 Å². The van der Waals surface area contributed by atoms with Gasteiger partial charge in [-0.15, -0.1) is 0 Å². The first-order valence-electron chi connectivity index (χ1n) is 8.23. The molecule has 146 valence electrons. The average Bonchev–Trinajstić information content (AvgIpc) is 2.83. The number of hydrogen-bond acceptors (Lipinski definition) is 5. The molecule has 2 rings (SSSR count). The molecule has 2 aromatic rings. The van der Waals surface area contributed by atoms with Gasteiger partial charge in [-0.3, -0.25) is 9.48 Å². The minimum atomic E-state index is -1.01. The first-order valence-corrected chi connectivity index (χ1v) is 8.99. The van der Waals surface area contributed by atoms with Crippen LogP contribution < -0.4 is 10.1 Å². The maximum absolute atomic E-state index is 12.3. The van der Waals surface area contributed by atoms with Gasteiger partial charge in [-0.25, -0.2) is 4.79 Å². The average molecular weight is 414 g/mol. The predicted molar refractivity (Wildman–Crippen MR) is 103 cm³/mol. The smallest absolute Gasteiger partial charge is 0.347 e. The first kappa shape index (κ1) is 21.1. The van der Waals surface area contributed by atoms with Crippen molar-refractivity contribution in [2.75, 3.05) is 5.32 Å². The molecular formula is C18H21Cl2N3O4. The number of anilines is 1. The number of nitrogens with zero attached hydrogens (tertiary/aromatic N) is 2. The van der Waals surface area contributed by atoms with E-state index in [1.54, 1.807) is 30.8 Å². The van der Waals surface area contributed by atoms with Crippen LogP contribution in [-0.4, -0.2) is 33.9 Å². The van der Waals surface area contributed by atoms with Gasteiger partial charge in [0.05, 0.1) is 22.1 Å². The van der Waals surface area contributed by atoms with E-state index in [0.29, 0.717) is 22.2 Å². The molecule has 1 N–H and O–H groups in total. The highest BCUT2D eigenvalue weighted by molar-refractivity contribution is 6.35. The summed E-state index contributed by atoms with van der Waals surface area (Å²) < 4.78 is 12.3. The number of halogens is 2. The number of ether oxygens (including phenoxy) is 2. The monoisotopic (exact) mass is 413 g/mol. The fraction of sp³-hybridized carbons (Fsp3) is 0.389. The van der Waals surface area contributed by atoms with Crippen molar-refractivity contribution in [3.05, 3.63) is 39.6 Å². The van der Waals surface area contributed by atoms with Gasteiger partial charge in [0.2, 0.25) is 0 Å². The predicted octanol–water partition coefficient (Wildman–Crippen LogP) is 3.68. The highest BCUT2D eigenvalue weighted by Crippen LogP contribution is 2.28. The van der Waals surface area contributed by atoms with Gasteiger partial charge >= 0.3 is 5.97 Å². The second kappa shape index (κ2) is 8.63. The van der Waals surface area contributed by atoms with Crippen molar-refractivity contribution >= 4 is 40.8 Å².